The molecule has 0 aliphatic carbocycles. The second kappa shape index (κ2) is 6.91. The van der Waals surface area contributed by atoms with E-state index in [0.717, 1.165) is 24.9 Å². The quantitative estimate of drug-likeness (QED) is 0.688. The van der Waals surface area contributed by atoms with Crippen molar-refractivity contribution in [3.05, 3.63) is 35.9 Å². The maximum atomic E-state index is 13.2. The third kappa shape index (κ3) is 2.88. The normalized spacial score (nSPS) is 17.9. The van der Waals surface area contributed by atoms with E-state index < -0.39 is 0 Å². The fraction of sp³-hybridized carbons (Fsp3) is 0.529. The van der Waals surface area contributed by atoms with Gasteiger partial charge in [0, 0.05) is 39.5 Å². The summed E-state index contributed by atoms with van der Waals surface area (Å²) in [5, 5.41) is 8.29. The minimum atomic E-state index is -0.199. The van der Waals surface area contributed by atoms with E-state index in [1.165, 1.54) is 0 Å². The molecule has 1 unspecified atom stereocenters. The van der Waals surface area contributed by atoms with E-state index in [1.54, 1.807) is 17.8 Å². The molecule has 9 heteroatoms. The van der Waals surface area contributed by atoms with Gasteiger partial charge in [-0.05, 0) is 19.3 Å². The molecule has 4 heterocycles. The zero-order valence-electron chi connectivity index (χ0n) is 15.0. The maximum absolute atomic E-state index is 13.2. The van der Waals surface area contributed by atoms with E-state index in [4.69, 9.17) is 9.26 Å². The number of methoxy groups -OCH3 is 1. The van der Waals surface area contributed by atoms with Crippen LogP contribution in [0.1, 0.15) is 47.4 Å². The number of carbonyl (C=O) groups excluding carboxylic acids is 1. The SMILES string of the molecule is COCCc1noc(C2CCCCN2C(=O)c2cnn3ccn(C)c23)n1. The molecular formula is C17H22N6O3. The van der Waals surface area contributed by atoms with E-state index in [9.17, 15) is 4.79 Å². The van der Waals surface area contributed by atoms with E-state index >= 15 is 0 Å². The van der Waals surface area contributed by atoms with Gasteiger partial charge in [0.05, 0.1) is 12.8 Å². The van der Waals surface area contributed by atoms with Gasteiger partial charge in [-0.25, -0.2) is 4.52 Å². The number of hydrogen-bond donors (Lipinski definition) is 0. The van der Waals surface area contributed by atoms with Crippen LogP contribution in [0.4, 0.5) is 0 Å². The summed E-state index contributed by atoms with van der Waals surface area (Å²) in [5.41, 5.74) is 1.37. The number of ether oxygens (including phenoxy) is 1. The lowest BCUT2D eigenvalue weighted by molar-refractivity contribution is 0.0563. The number of nitrogens with zero attached hydrogens (tertiary/aromatic N) is 6. The maximum Gasteiger partial charge on any atom is 0.259 e. The molecule has 0 N–H and O–H groups in total. The Morgan fingerprint density at radius 2 is 2.27 bits per heavy atom. The molecule has 0 saturated carbocycles. The summed E-state index contributed by atoms with van der Waals surface area (Å²) in [6.45, 7) is 1.20. The Morgan fingerprint density at radius 1 is 1.38 bits per heavy atom. The Bertz CT molecular complexity index is 911. The Labute approximate surface area is 150 Å². The number of carbonyl (C=O) groups is 1. The second-order valence-electron chi connectivity index (χ2n) is 6.54. The molecule has 1 saturated heterocycles. The highest BCUT2D eigenvalue weighted by atomic mass is 16.5. The number of aryl methyl sites for hydroxylation is 1. The lowest BCUT2D eigenvalue weighted by Crippen LogP contribution is -2.38. The van der Waals surface area contributed by atoms with E-state index in [2.05, 4.69) is 15.2 Å². The van der Waals surface area contributed by atoms with E-state index in [0.29, 0.717) is 36.9 Å². The van der Waals surface area contributed by atoms with Crippen LogP contribution in [0, 0.1) is 0 Å². The molecule has 1 fully saturated rings. The summed E-state index contributed by atoms with van der Waals surface area (Å²) in [6, 6.07) is -0.199. The van der Waals surface area contributed by atoms with Crippen molar-refractivity contribution >= 4 is 11.6 Å². The molecule has 0 bridgehead atoms. The molecular weight excluding hydrogens is 336 g/mol. The van der Waals surface area contributed by atoms with Crippen molar-refractivity contribution in [2.75, 3.05) is 20.3 Å². The summed E-state index contributed by atoms with van der Waals surface area (Å²) in [6.07, 6.45) is 8.74. The van der Waals surface area contributed by atoms with Gasteiger partial charge < -0.3 is 18.7 Å². The number of hydrogen-bond acceptors (Lipinski definition) is 6. The monoisotopic (exact) mass is 358 g/mol. The van der Waals surface area contributed by atoms with Crippen LogP contribution in [0.5, 0.6) is 0 Å². The van der Waals surface area contributed by atoms with Gasteiger partial charge in [-0.15, -0.1) is 0 Å². The molecule has 4 rings (SSSR count). The minimum Gasteiger partial charge on any atom is -0.384 e. The Hall–Kier alpha value is -2.68. The molecule has 26 heavy (non-hydrogen) atoms. The summed E-state index contributed by atoms with van der Waals surface area (Å²) in [7, 11) is 3.54. The van der Waals surface area contributed by atoms with Gasteiger partial charge >= 0.3 is 0 Å². The van der Waals surface area contributed by atoms with Crippen LogP contribution >= 0.6 is 0 Å². The first-order valence-corrected chi connectivity index (χ1v) is 8.80. The Morgan fingerprint density at radius 3 is 3.12 bits per heavy atom. The van der Waals surface area contributed by atoms with Crippen LogP contribution in [-0.4, -0.2) is 55.4 Å². The van der Waals surface area contributed by atoms with Crippen molar-refractivity contribution in [3.8, 4) is 0 Å². The molecule has 1 amide bonds. The number of imidazole rings is 1. The Balaban J connectivity index is 1.62. The number of aromatic nitrogens is 5. The number of fused-ring (bicyclic) bond motifs is 1. The summed E-state index contributed by atoms with van der Waals surface area (Å²) >= 11 is 0. The standard InChI is InChI=1S/C17H22N6O3/c1-21-8-9-23-16(21)12(11-18-23)17(24)22-7-4-3-5-13(22)15-19-14(20-26-15)6-10-25-2/h8-9,11,13H,3-7,10H2,1-2H3. The molecule has 138 valence electrons. The second-order valence-corrected chi connectivity index (χ2v) is 6.54. The van der Waals surface area contributed by atoms with Gasteiger partial charge in [-0.2, -0.15) is 10.1 Å². The first-order chi connectivity index (χ1) is 12.7. The molecule has 0 radical (unpaired) electrons. The molecule has 0 spiro atoms. The number of rotatable bonds is 5. The largest absolute Gasteiger partial charge is 0.384 e. The van der Waals surface area contributed by atoms with Crippen LogP contribution < -0.4 is 0 Å². The van der Waals surface area contributed by atoms with Crippen LogP contribution in [0.3, 0.4) is 0 Å². The van der Waals surface area contributed by atoms with Crippen molar-refractivity contribution in [1.29, 1.82) is 0 Å². The predicted octanol–water partition coefficient (Wildman–Crippen LogP) is 1.61. The molecule has 9 nitrogen and oxygen atoms in total. The Kier molecular flexibility index (Phi) is 4.46. The molecule has 1 aliphatic heterocycles. The summed E-state index contributed by atoms with van der Waals surface area (Å²) in [4.78, 5) is 19.5. The molecule has 0 aromatic carbocycles. The van der Waals surface area contributed by atoms with Crippen molar-refractivity contribution in [1.82, 2.24) is 29.2 Å². The van der Waals surface area contributed by atoms with Crippen LogP contribution in [-0.2, 0) is 18.2 Å². The van der Waals surface area contributed by atoms with Gasteiger partial charge in [0.2, 0.25) is 5.89 Å². The first-order valence-electron chi connectivity index (χ1n) is 8.80. The van der Waals surface area contributed by atoms with Gasteiger partial charge in [0.25, 0.3) is 5.91 Å². The van der Waals surface area contributed by atoms with Crippen molar-refractivity contribution in [3.63, 3.8) is 0 Å². The molecule has 3 aromatic rings. The zero-order chi connectivity index (χ0) is 18.1. The zero-order valence-corrected chi connectivity index (χ0v) is 15.0. The lowest BCUT2D eigenvalue weighted by Gasteiger charge is -2.33. The topological polar surface area (TPSA) is 90.7 Å². The minimum absolute atomic E-state index is 0.0526. The number of amides is 1. The highest BCUT2D eigenvalue weighted by Crippen LogP contribution is 2.32. The summed E-state index contributed by atoms with van der Waals surface area (Å²) < 4.78 is 14.1. The number of likely N-dealkylation sites (tertiary alicyclic amines) is 1. The smallest absolute Gasteiger partial charge is 0.259 e. The fourth-order valence-electron chi connectivity index (χ4n) is 3.48. The van der Waals surface area contributed by atoms with Crippen LogP contribution in [0.15, 0.2) is 23.1 Å². The van der Waals surface area contributed by atoms with Crippen LogP contribution in [0.2, 0.25) is 0 Å². The summed E-state index contributed by atoms with van der Waals surface area (Å²) in [5.74, 6) is 1.05. The van der Waals surface area contributed by atoms with Gasteiger partial charge in [0.1, 0.15) is 17.3 Å². The molecule has 3 aromatic heterocycles. The first kappa shape index (κ1) is 16.8. The average molecular weight is 358 g/mol. The third-order valence-corrected chi connectivity index (χ3v) is 4.83. The van der Waals surface area contributed by atoms with Crippen LogP contribution in [0.25, 0.3) is 5.65 Å². The van der Waals surface area contributed by atoms with Crippen molar-refractivity contribution in [2.45, 2.75) is 31.7 Å². The van der Waals surface area contributed by atoms with Gasteiger partial charge in [-0.3, -0.25) is 4.79 Å². The third-order valence-electron chi connectivity index (χ3n) is 4.83. The molecule has 1 aliphatic rings. The number of piperidine rings is 1. The van der Waals surface area contributed by atoms with Gasteiger partial charge in [0.15, 0.2) is 5.82 Å². The van der Waals surface area contributed by atoms with Gasteiger partial charge in [-0.1, -0.05) is 5.16 Å². The van der Waals surface area contributed by atoms with Crippen molar-refractivity contribution < 1.29 is 14.1 Å². The average Bonchev–Trinajstić information content (AvgIpc) is 3.37. The van der Waals surface area contributed by atoms with E-state index in [1.807, 2.05) is 28.9 Å². The lowest BCUT2D eigenvalue weighted by atomic mass is 10.0. The predicted molar refractivity (Wildman–Crippen MR) is 91.7 cm³/mol. The van der Waals surface area contributed by atoms with E-state index in [-0.39, 0.29) is 11.9 Å². The van der Waals surface area contributed by atoms with Crippen molar-refractivity contribution in [2.24, 2.45) is 7.05 Å². The molecule has 1 atom stereocenters. The highest BCUT2D eigenvalue weighted by molar-refractivity contribution is 6.00. The highest BCUT2D eigenvalue weighted by Gasteiger charge is 2.34. The fourth-order valence-corrected chi connectivity index (χ4v) is 3.48.